The Bertz CT molecular complexity index is 344. The molecule has 1 aliphatic heterocycles. The maximum atomic E-state index is 5.82. The van der Waals surface area contributed by atoms with Crippen LogP contribution in [-0.4, -0.2) is 24.0 Å². The maximum Gasteiger partial charge on any atom is 0.142 e. The molecular weight excluding hydrogens is 288 g/mol. The summed E-state index contributed by atoms with van der Waals surface area (Å²) in [5.41, 5.74) is 0. The summed E-state index contributed by atoms with van der Waals surface area (Å²) in [5.74, 6) is 2.56. The van der Waals surface area contributed by atoms with Gasteiger partial charge in [0.2, 0.25) is 0 Å². The summed E-state index contributed by atoms with van der Waals surface area (Å²) in [4.78, 5) is 6.81. The van der Waals surface area contributed by atoms with Crippen LogP contribution in [0.5, 0.6) is 0 Å². The molecule has 0 spiro atoms. The van der Waals surface area contributed by atoms with Gasteiger partial charge in [0.25, 0.3) is 0 Å². The van der Waals surface area contributed by atoms with Gasteiger partial charge in [0, 0.05) is 25.2 Å². The lowest BCUT2D eigenvalue weighted by Gasteiger charge is -2.33. The molecule has 0 radical (unpaired) electrons. The molecule has 0 aliphatic carbocycles. The van der Waals surface area contributed by atoms with Gasteiger partial charge in [-0.05, 0) is 53.2 Å². The predicted octanol–water partition coefficient (Wildman–Crippen LogP) is 3.69. The monoisotopic (exact) mass is 302 g/mol. The first-order valence-corrected chi connectivity index (χ1v) is 7.05. The van der Waals surface area contributed by atoms with E-state index < -0.39 is 0 Å². The zero-order chi connectivity index (χ0) is 11.4. The van der Waals surface area contributed by atoms with Gasteiger partial charge in [-0.3, -0.25) is 0 Å². The lowest BCUT2D eigenvalue weighted by atomic mass is 9.95. The Balaban J connectivity index is 2.07. The first kappa shape index (κ1) is 12.2. The lowest BCUT2D eigenvalue weighted by molar-refractivity contribution is 0.404. The van der Waals surface area contributed by atoms with Crippen molar-refractivity contribution in [2.75, 3.05) is 23.9 Å². The molecule has 2 nitrogen and oxygen atoms in total. The van der Waals surface area contributed by atoms with Gasteiger partial charge in [-0.1, -0.05) is 0 Å². The molecule has 2 heterocycles. The molecular formula is C12H16BrClN2. The standard InChI is InChI=1S/C12H16BrClN2/c13-11-4-1-7-15-12(11)16-8-2-3-10(9-16)5-6-14/h1,4,7,10H,2-3,5-6,8-9H2. The number of piperidine rings is 1. The molecule has 0 aromatic carbocycles. The fourth-order valence-corrected chi connectivity index (χ4v) is 3.07. The summed E-state index contributed by atoms with van der Waals surface area (Å²) < 4.78 is 1.08. The average Bonchev–Trinajstić information content (AvgIpc) is 2.30. The number of pyridine rings is 1. The number of anilines is 1. The molecule has 0 saturated carbocycles. The molecule has 0 amide bonds. The van der Waals surface area contributed by atoms with Crippen LogP contribution in [0.2, 0.25) is 0 Å². The second-order valence-corrected chi connectivity index (χ2v) is 5.47. The molecule has 4 heteroatoms. The number of halogens is 2. The Labute approximate surface area is 110 Å². The summed E-state index contributed by atoms with van der Waals surface area (Å²) in [6.07, 6.45) is 5.51. The molecule has 1 aliphatic rings. The molecule has 1 atom stereocenters. The van der Waals surface area contributed by atoms with Crippen molar-refractivity contribution in [1.82, 2.24) is 4.98 Å². The SMILES string of the molecule is ClCCC1CCCN(c2ncccc2Br)C1. The van der Waals surface area contributed by atoms with Crippen LogP contribution in [0, 0.1) is 5.92 Å². The minimum absolute atomic E-state index is 0.722. The largest absolute Gasteiger partial charge is 0.355 e. The van der Waals surface area contributed by atoms with Gasteiger partial charge in [0.1, 0.15) is 5.82 Å². The number of aromatic nitrogens is 1. The Morgan fingerprint density at radius 2 is 2.44 bits per heavy atom. The third kappa shape index (κ3) is 2.89. The number of hydrogen-bond acceptors (Lipinski definition) is 2. The van der Waals surface area contributed by atoms with Crippen LogP contribution in [0.3, 0.4) is 0 Å². The first-order chi connectivity index (χ1) is 7.81. The predicted molar refractivity (Wildman–Crippen MR) is 72.2 cm³/mol. The zero-order valence-corrected chi connectivity index (χ0v) is 11.5. The lowest BCUT2D eigenvalue weighted by Crippen LogP contribution is -2.36. The zero-order valence-electron chi connectivity index (χ0n) is 9.20. The Hall–Kier alpha value is -0.280. The van der Waals surface area contributed by atoms with Gasteiger partial charge in [-0.15, -0.1) is 11.6 Å². The maximum absolute atomic E-state index is 5.82. The van der Waals surface area contributed by atoms with Crippen molar-refractivity contribution >= 4 is 33.3 Å². The van der Waals surface area contributed by atoms with Gasteiger partial charge in [0.15, 0.2) is 0 Å². The summed E-state index contributed by atoms with van der Waals surface area (Å²) >= 11 is 9.38. The summed E-state index contributed by atoms with van der Waals surface area (Å²) in [5, 5.41) is 0. The fourth-order valence-electron chi connectivity index (χ4n) is 2.26. The van der Waals surface area contributed by atoms with E-state index in [2.05, 4.69) is 25.8 Å². The van der Waals surface area contributed by atoms with Crippen LogP contribution in [0.15, 0.2) is 22.8 Å². The third-order valence-corrected chi connectivity index (χ3v) is 3.91. The van der Waals surface area contributed by atoms with Crippen LogP contribution < -0.4 is 4.90 Å². The van der Waals surface area contributed by atoms with Gasteiger partial charge < -0.3 is 4.90 Å². The van der Waals surface area contributed by atoms with Gasteiger partial charge in [0.05, 0.1) is 4.47 Å². The number of alkyl halides is 1. The molecule has 2 rings (SSSR count). The van der Waals surface area contributed by atoms with E-state index in [0.29, 0.717) is 0 Å². The number of nitrogens with zero attached hydrogens (tertiary/aromatic N) is 2. The van der Waals surface area contributed by atoms with E-state index in [1.54, 1.807) is 0 Å². The smallest absolute Gasteiger partial charge is 0.142 e. The highest BCUT2D eigenvalue weighted by molar-refractivity contribution is 9.10. The molecule has 16 heavy (non-hydrogen) atoms. The fraction of sp³-hybridized carbons (Fsp3) is 0.583. The van der Waals surface area contributed by atoms with Crippen molar-refractivity contribution < 1.29 is 0 Å². The topological polar surface area (TPSA) is 16.1 Å². The Morgan fingerprint density at radius 3 is 3.19 bits per heavy atom. The van der Waals surface area contributed by atoms with Crippen molar-refractivity contribution in [2.45, 2.75) is 19.3 Å². The summed E-state index contributed by atoms with van der Waals surface area (Å²) in [7, 11) is 0. The van der Waals surface area contributed by atoms with Crippen molar-refractivity contribution in [3.63, 3.8) is 0 Å². The Kier molecular flexibility index (Phi) is 4.47. The van der Waals surface area contributed by atoms with Crippen molar-refractivity contribution in [1.29, 1.82) is 0 Å². The minimum Gasteiger partial charge on any atom is -0.355 e. The van der Waals surface area contributed by atoms with Gasteiger partial charge in [-0.25, -0.2) is 4.98 Å². The van der Waals surface area contributed by atoms with Gasteiger partial charge >= 0.3 is 0 Å². The third-order valence-electron chi connectivity index (χ3n) is 3.07. The Morgan fingerprint density at radius 1 is 1.56 bits per heavy atom. The van der Waals surface area contributed by atoms with E-state index >= 15 is 0 Å². The quantitative estimate of drug-likeness (QED) is 0.792. The highest BCUT2D eigenvalue weighted by Gasteiger charge is 2.21. The van der Waals surface area contributed by atoms with E-state index in [0.717, 1.165) is 41.6 Å². The van der Waals surface area contributed by atoms with E-state index in [1.165, 1.54) is 12.8 Å². The molecule has 1 saturated heterocycles. The van der Waals surface area contributed by atoms with Gasteiger partial charge in [-0.2, -0.15) is 0 Å². The highest BCUT2D eigenvalue weighted by Crippen LogP contribution is 2.28. The van der Waals surface area contributed by atoms with Crippen molar-refractivity contribution in [3.05, 3.63) is 22.8 Å². The summed E-state index contributed by atoms with van der Waals surface area (Å²) in [6, 6.07) is 4.00. The van der Waals surface area contributed by atoms with Crippen molar-refractivity contribution in [3.8, 4) is 0 Å². The van der Waals surface area contributed by atoms with Crippen LogP contribution in [0.4, 0.5) is 5.82 Å². The van der Waals surface area contributed by atoms with E-state index in [4.69, 9.17) is 11.6 Å². The molecule has 0 N–H and O–H groups in total. The number of rotatable bonds is 3. The van der Waals surface area contributed by atoms with E-state index in [1.807, 2.05) is 18.3 Å². The van der Waals surface area contributed by atoms with Crippen LogP contribution in [-0.2, 0) is 0 Å². The second-order valence-electron chi connectivity index (χ2n) is 4.24. The number of hydrogen-bond donors (Lipinski definition) is 0. The van der Waals surface area contributed by atoms with Crippen LogP contribution in [0.25, 0.3) is 0 Å². The second kappa shape index (κ2) is 5.87. The highest BCUT2D eigenvalue weighted by atomic mass is 79.9. The van der Waals surface area contributed by atoms with E-state index in [-0.39, 0.29) is 0 Å². The minimum atomic E-state index is 0.722. The molecule has 88 valence electrons. The average molecular weight is 304 g/mol. The molecule has 1 unspecified atom stereocenters. The van der Waals surface area contributed by atoms with Crippen LogP contribution >= 0.6 is 27.5 Å². The van der Waals surface area contributed by atoms with Crippen LogP contribution in [0.1, 0.15) is 19.3 Å². The molecule has 1 fully saturated rings. The normalized spacial score (nSPS) is 21.1. The molecule has 0 bridgehead atoms. The first-order valence-electron chi connectivity index (χ1n) is 5.72. The summed E-state index contributed by atoms with van der Waals surface area (Å²) in [6.45, 7) is 2.19. The molecule has 1 aromatic rings. The van der Waals surface area contributed by atoms with Crippen molar-refractivity contribution in [2.24, 2.45) is 5.92 Å². The molecule has 1 aromatic heterocycles. The van der Waals surface area contributed by atoms with E-state index in [9.17, 15) is 0 Å².